The molecule has 0 aliphatic rings. The molecule has 0 amide bonds. The molecule has 0 saturated carbocycles. The average Bonchev–Trinajstić information content (AvgIpc) is 2.07. The van der Waals surface area contributed by atoms with Gasteiger partial charge in [0.05, 0.1) is 12.2 Å². The lowest BCUT2D eigenvalue weighted by atomic mass is 9.84. The highest BCUT2D eigenvalue weighted by atomic mass is 16.5. The number of hydrogen-bond donors (Lipinski definition) is 0. The van der Waals surface area contributed by atoms with E-state index in [9.17, 15) is 0 Å². The van der Waals surface area contributed by atoms with Crippen LogP contribution in [0.3, 0.4) is 0 Å². The first kappa shape index (κ1) is 17.0. The molecule has 1 nitrogen and oxygen atoms in total. The smallest absolute Gasteiger partial charge is 0.0598 e. The van der Waals surface area contributed by atoms with Crippen molar-refractivity contribution in [2.75, 3.05) is 6.61 Å². The van der Waals surface area contributed by atoms with E-state index in [1.807, 2.05) is 0 Å². The van der Waals surface area contributed by atoms with Gasteiger partial charge in [0.2, 0.25) is 0 Å². The van der Waals surface area contributed by atoms with Crippen LogP contribution in [0.25, 0.3) is 0 Å². The van der Waals surface area contributed by atoms with E-state index in [2.05, 4.69) is 55.4 Å². The van der Waals surface area contributed by atoms with Gasteiger partial charge in [0.25, 0.3) is 0 Å². The summed E-state index contributed by atoms with van der Waals surface area (Å²) >= 11 is 0. The lowest BCUT2D eigenvalue weighted by Crippen LogP contribution is -2.28. The second-order valence-corrected chi connectivity index (χ2v) is 8.33. The zero-order valence-corrected chi connectivity index (χ0v) is 13.4. The molecular formula is C16H34O. The Morgan fingerprint density at radius 2 is 1.18 bits per heavy atom. The molecule has 0 radical (unpaired) electrons. The molecule has 0 aromatic heterocycles. The van der Waals surface area contributed by atoms with Gasteiger partial charge in [0.1, 0.15) is 0 Å². The van der Waals surface area contributed by atoms with Gasteiger partial charge < -0.3 is 4.74 Å². The molecule has 0 rings (SSSR count). The largest absolute Gasteiger partial charge is 0.375 e. The maximum atomic E-state index is 5.89. The van der Waals surface area contributed by atoms with E-state index in [1.54, 1.807) is 0 Å². The van der Waals surface area contributed by atoms with Crippen LogP contribution in [0.2, 0.25) is 0 Å². The van der Waals surface area contributed by atoms with E-state index in [0.717, 1.165) is 6.61 Å². The summed E-state index contributed by atoms with van der Waals surface area (Å²) in [6.07, 6.45) is 5.24. The van der Waals surface area contributed by atoms with Crippen molar-refractivity contribution in [3.8, 4) is 0 Å². The molecule has 1 heteroatoms. The van der Waals surface area contributed by atoms with Gasteiger partial charge in [-0.15, -0.1) is 0 Å². The second kappa shape index (κ2) is 6.22. The van der Waals surface area contributed by atoms with Crippen LogP contribution in [0.1, 0.15) is 81.1 Å². The van der Waals surface area contributed by atoms with Crippen LogP contribution in [-0.4, -0.2) is 12.2 Å². The molecule has 104 valence electrons. The summed E-state index contributed by atoms with van der Waals surface area (Å²) in [5.74, 6) is 0. The SMILES string of the molecule is CC(C)(C)CCCCC(C)(C)COC(C)(C)C. The third-order valence-corrected chi connectivity index (χ3v) is 2.93. The zero-order chi connectivity index (χ0) is 13.7. The highest BCUT2D eigenvalue weighted by Gasteiger charge is 2.22. The summed E-state index contributed by atoms with van der Waals surface area (Å²) in [6, 6.07) is 0. The average molecular weight is 242 g/mol. The maximum Gasteiger partial charge on any atom is 0.0598 e. The molecule has 0 spiro atoms. The lowest BCUT2D eigenvalue weighted by molar-refractivity contribution is -0.0454. The molecule has 0 saturated heterocycles. The van der Waals surface area contributed by atoms with Crippen LogP contribution in [0.5, 0.6) is 0 Å². The van der Waals surface area contributed by atoms with E-state index in [-0.39, 0.29) is 5.60 Å². The summed E-state index contributed by atoms with van der Waals surface area (Å²) in [5.41, 5.74) is 0.778. The third kappa shape index (κ3) is 12.2. The predicted octanol–water partition coefficient (Wildman–Crippen LogP) is 5.43. The predicted molar refractivity (Wildman–Crippen MR) is 77.4 cm³/mol. The van der Waals surface area contributed by atoms with Gasteiger partial charge >= 0.3 is 0 Å². The monoisotopic (exact) mass is 242 g/mol. The number of ether oxygens (including phenoxy) is 1. The first-order chi connectivity index (χ1) is 7.41. The van der Waals surface area contributed by atoms with Gasteiger partial charge in [-0.1, -0.05) is 47.5 Å². The molecule has 0 aromatic rings. The summed E-state index contributed by atoms with van der Waals surface area (Å²) in [4.78, 5) is 0. The fraction of sp³-hybridized carbons (Fsp3) is 1.00. The Kier molecular flexibility index (Phi) is 6.21. The first-order valence-electron chi connectivity index (χ1n) is 7.05. The molecule has 0 N–H and O–H groups in total. The standard InChI is InChI=1S/C16H34O/c1-14(2,3)11-9-10-12-16(7,8)13-17-15(4,5)6/h9-13H2,1-8H3. The Morgan fingerprint density at radius 3 is 1.59 bits per heavy atom. The molecule has 0 unspecified atom stereocenters. The van der Waals surface area contributed by atoms with Crippen LogP contribution in [0.4, 0.5) is 0 Å². The van der Waals surface area contributed by atoms with E-state index >= 15 is 0 Å². The van der Waals surface area contributed by atoms with Gasteiger partial charge in [-0.2, -0.15) is 0 Å². The van der Waals surface area contributed by atoms with Crippen LogP contribution in [0, 0.1) is 10.8 Å². The van der Waals surface area contributed by atoms with Crippen molar-refractivity contribution >= 4 is 0 Å². The van der Waals surface area contributed by atoms with E-state index in [1.165, 1.54) is 25.7 Å². The van der Waals surface area contributed by atoms with Crippen molar-refractivity contribution in [3.63, 3.8) is 0 Å². The van der Waals surface area contributed by atoms with E-state index < -0.39 is 0 Å². The molecule has 0 bridgehead atoms. The molecular weight excluding hydrogens is 208 g/mol. The Morgan fingerprint density at radius 1 is 0.706 bits per heavy atom. The number of hydrogen-bond acceptors (Lipinski definition) is 1. The molecule has 0 aromatic carbocycles. The van der Waals surface area contributed by atoms with Gasteiger partial charge in [0.15, 0.2) is 0 Å². The highest BCUT2D eigenvalue weighted by molar-refractivity contribution is 4.71. The van der Waals surface area contributed by atoms with Gasteiger partial charge in [-0.05, 0) is 44.4 Å². The second-order valence-electron chi connectivity index (χ2n) is 8.33. The maximum absolute atomic E-state index is 5.89. The van der Waals surface area contributed by atoms with Crippen molar-refractivity contribution in [3.05, 3.63) is 0 Å². The van der Waals surface area contributed by atoms with Crippen LogP contribution >= 0.6 is 0 Å². The van der Waals surface area contributed by atoms with Crippen molar-refractivity contribution in [2.45, 2.75) is 86.7 Å². The van der Waals surface area contributed by atoms with E-state index in [4.69, 9.17) is 4.74 Å². The summed E-state index contributed by atoms with van der Waals surface area (Å²) in [6.45, 7) is 18.8. The minimum Gasteiger partial charge on any atom is -0.375 e. The van der Waals surface area contributed by atoms with Crippen molar-refractivity contribution < 1.29 is 4.74 Å². The zero-order valence-electron chi connectivity index (χ0n) is 13.4. The lowest BCUT2D eigenvalue weighted by Gasteiger charge is -2.30. The fourth-order valence-electron chi connectivity index (χ4n) is 1.74. The molecule has 0 heterocycles. The Bertz CT molecular complexity index is 203. The molecule has 0 fully saturated rings. The summed E-state index contributed by atoms with van der Waals surface area (Å²) < 4.78 is 5.89. The van der Waals surface area contributed by atoms with Crippen LogP contribution in [-0.2, 0) is 4.74 Å². The fourth-order valence-corrected chi connectivity index (χ4v) is 1.74. The normalized spacial score (nSPS) is 14.1. The number of rotatable bonds is 6. The Balaban J connectivity index is 3.79. The minimum atomic E-state index is -0.0112. The Labute approximate surface area is 109 Å². The highest BCUT2D eigenvalue weighted by Crippen LogP contribution is 2.28. The topological polar surface area (TPSA) is 9.23 Å². The van der Waals surface area contributed by atoms with Crippen LogP contribution < -0.4 is 0 Å². The summed E-state index contributed by atoms with van der Waals surface area (Å²) in [5, 5.41) is 0. The Hall–Kier alpha value is -0.0400. The van der Waals surface area contributed by atoms with Crippen molar-refractivity contribution in [1.82, 2.24) is 0 Å². The molecule has 0 aliphatic heterocycles. The summed E-state index contributed by atoms with van der Waals surface area (Å²) in [7, 11) is 0. The van der Waals surface area contributed by atoms with Crippen molar-refractivity contribution in [1.29, 1.82) is 0 Å². The molecule has 17 heavy (non-hydrogen) atoms. The third-order valence-electron chi connectivity index (χ3n) is 2.93. The minimum absolute atomic E-state index is 0.0112. The molecule has 0 aliphatic carbocycles. The van der Waals surface area contributed by atoms with Crippen molar-refractivity contribution in [2.24, 2.45) is 10.8 Å². The molecule has 0 atom stereocenters. The van der Waals surface area contributed by atoms with E-state index in [0.29, 0.717) is 10.8 Å². The van der Waals surface area contributed by atoms with Gasteiger partial charge in [-0.25, -0.2) is 0 Å². The quantitative estimate of drug-likeness (QED) is 0.564. The van der Waals surface area contributed by atoms with Gasteiger partial charge in [-0.3, -0.25) is 0 Å². The van der Waals surface area contributed by atoms with Gasteiger partial charge in [0, 0.05) is 0 Å². The van der Waals surface area contributed by atoms with Crippen LogP contribution in [0.15, 0.2) is 0 Å². The number of unbranched alkanes of at least 4 members (excludes halogenated alkanes) is 1. The first-order valence-corrected chi connectivity index (χ1v) is 7.05.